The third kappa shape index (κ3) is 2.61. The second-order valence-electron chi connectivity index (χ2n) is 3.92. The summed E-state index contributed by atoms with van der Waals surface area (Å²) in [4.78, 5) is 11.1. The predicted octanol–water partition coefficient (Wildman–Crippen LogP) is 3.53. The Morgan fingerprint density at radius 2 is 2.00 bits per heavy atom. The van der Waals surface area contributed by atoms with Crippen LogP contribution in [0.4, 0.5) is 0 Å². The molecular weight excluding hydrogens is 230 g/mol. The van der Waals surface area contributed by atoms with Gasteiger partial charge < -0.3 is 0 Å². The van der Waals surface area contributed by atoms with E-state index >= 15 is 0 Å². The molecule has 1 aliphatic carbocycles. The van der Waals surface area contributed by atoms with E-state index in [9.17, 15) is 4.79 Å². The lowest BCUT2D eigenvalue weighted by Crippen LogP contribution is -2.37. The van der Waals surface area contributed by atoms with E-state index < -0.39 is 3.79 Å². The molecule has 13 heavy (non-hydrogen) atoms. The Hall–Kier alpha value is 0.280. The second kappa shape index (κ2) is 3.45. The van der Waals surface area contributed by atoms with Crippen molar-refractivity contribution in [1.29, 1.82) is 0 Å². The maximum absolute atomic E-state index is 11.1. The number of rotatable bonds is 0. The number of hydrogen-bond donors (Lipinski definition) is 0. The van der Waals surface area contributed by atoms with E-state index in [1.54, 1.807) is 6.08 Å². The van der Waals surface area contributed by atoms with Crippen molar-refractivity contribution in [1.82, 2.24) is 0 Å². The van der Waals surface area contributed by atoms with Gasteiger partial charge in [0.15, 0.2) is 9.58 Å². The fraction of sp³-hybridized carbons (Fsp3) is 0.667. The molecular formula is C9H11Cl3O. The summed E-state index contributed by atoms with van der Waals surface area (Å²) in [7, 11) is 0. The van der Waals surface area contributed by atoms with Crippen LogP contribution in [0, 0.1) is 11.3 Å². The number of ketones is 1. The summed E-state index contributed by atoms with van der Waals surface area (Å²) in [5, 5.41) is 0. The normalized spacial score (nSPS) is 27.8. The summed E-state index contributed by atoms with van der Waals surface area (Å²) in [5.74, 6) is -0.224. The first-order valence-corrected chi connectivity index (χ1v) is 5.15. The van der Waals surface area contributed by atoms with E-state index in [1.807, 2.05) is 19.9 Å². The van der Waals surface area contributed by atoms with E-state index in [0.29, 0.717) is 6.42 Å². The number of hydrogen-bond acceptors (Lipinski definition) is 1. The van der Waals surface area contributed by atoms with Crippen molar-refractivity contribution in [2.45, 2.75) is 24.1 Å². The predicted molar refractivity (Wildman–Crippen MR) is 56.3 cm³/mol. The minimum absolute atomic E-state index is 0.0238. The summed E-state index contributed by atoms with van der Waals surface area (Å²) < 4.78 is -1.37. The average Bonchev–Trinajstić information content (AvgIpc) is 1.92. The van der Waals surface area contributed by atoms with Gasteiger partial charge in [-0.25, -0.2) is 0 Å². The minimum Gasteiger partial charge on any atom is -0.295 e. The molecule has 74 valence electrons. The number of carbonyl (C=O) groups is 1. The van der Waals surface area contributed by atoms with Crippen LogP contribution >= 0.6 is 34.8 Å². The van der Waals surface area contributed by atoms with Crippen LogP contribution in [0.2, 0.25) is 0 Å². The van der Waals surface area contributed by atoms with Crippen molar-refractivity contribution >= 4 is 40.6 Å². The molecule has 0 saturated carbocycles. The van der Waals surface area contributed by atoms with Gasteiger partial charge in [0.05, 0.1) is 0 Å². The molecule has 4 heteroatoms. The van der Waals surface area contributed by atoms with E-state index in [2.05, 4.69) is 0 Å². The molecule has 1 nitrogen and oxygen atoms in total. The highest BCUT2D eigenvalue weighted by atomic mass is 35.6. The molecule has 0 aromatic rings. The van der Waals surface area contributed by atoms with Gasteiger partial charge in [0.1, 0.15) is 0 Å². The van der Waals surface area contributed by atoms with Crippen LogP contribution in [0.1, 0.15) is 20.3 Å². The molecule has 0 fully saturated rings. The van der Waals surface area contributed by atoms with Crippen molar-refractivity contribution in [2.24, 2.45) is 11.3 Å². The first kappa shape index (κ1) is 11.4. The maximum atomic E-state index is 11.1. The van der Waals surface area contributed by atoms with Gasteiger partial charge in [-0.1, -0.05) is 54.7 Å². The van der Waals surface area contributed by atoms with Crippen LogP contribution in [0.25, 0.3) is 0 Å². The zero-order valence-corrected chi connectivity index (χ0v) is 9.75. The molecule has 0 N–H and O–H groups in total. The fourth-order valence-corrected chi connectivity index (χ4v) is 2.57. The van der Waals surface area contributed by atoms with Gasteiger partial charge in [-0.05, 0) is 11.5 Å². The Balaban J connectivity index is 2.97. The van der Waals surface area contributed by atoms with E-state index in [-0.39, 0.29) is 17.1 Å². The molecule has 0 bridgehead atoms. The van der Waals surface area contributed by atoms with Gasteiger partial charge in [-0.3, -0.25) is 4.79 Å². The average molecular weight is 242 g/mol. The lowest BCUT2D eigenvalue weighted by atomic mass is 9.73. The van der Waals surface area contributed by atoms with Crippen molar-refractivity contribution in [2.75, 3.05) is 0 Å². The summed E-state index contributed by atoms with van der Waals surface area (Å²) in [6.45, 7) is 3.92. The summed E-state index contributed by atoms with van der Waals surface area (Å²) in [5.41, 5.74) is -0.237. The lowest BCUT2D eigenvalue weighted by molar-refractivity contribution is -0.116. The summed E-state index contributed by atoms with van der Waals surface area (Å²) in [6, 6.07) is 0. The minimum atomic E-state index is -1.37. The Morgan fingerprint density at radius 1 is 1.46 bits per heavy atom. The van der Waals surface area contributed by atoms with Crippen LogP contribution in [-0.2, 0) is 4.79 Å². The number of halogens is 3. The van der Waals surface area contributed by atoms with Crippen molar-refractivity contribution < 1.29 is 4.79 Å². The molecule has 0 amide bonds. The molecule has 0 saturated heterocycles. The topological polar surface area (TPSA) is 17.1 Å². The third-order valence-corrected chi connectivity index (χ3v) is 3.19. The van der Waals surface area contributed by atoms with E-state index in [4.69, 9.17) is 34.8 Å². The van der Waals surface area contributed by atoms with Gasteiger partial charge in [0.25, 0.3) is 0 Å². The third-order valence-electron chi connectivity index (χ3n) is 2.40. The molecule has 1 atom stereocenters. The zero-order chi connectivity index (χ0) is 10.3. The highest BCUT2D eigenvalue weighted by Crippen LogP contribution is 2.49. The van der Waals surface area contributed by atoms with Crippen LogP contribution < -0.4 is 0 Å². The molecule has 1 unspecified atom stereocenters. The molecule has 0 aromatic heterocycles. The fourth-order valence-electron chi connectivity index (χ4n) is 1.49. The van der Waals surface area contributed by atoms with Crippen molar-refractivity contribution in [3.63, 3.8) is 0 Å². The van der Waals surface area contributed by atoms with Crippen LogP contribution in [0.3, 0.4) is 0 Å². The van der Waals surface area contributed by atoms with Gasteiger partial charge in [-0.2, -0.15) is 0 Å². The summed E-state index contributed by atoms with van der Waals surface area (Å²) in [6.07, 6.45) is 3.68. The SMILES string of the molecule is CC1(C)C=CC(=O)CC1C(Cl)(Cl)Cl. The summed E-state index contributed by atoms with van der Waals surface area (Å²) >= 11 is 17.4. The smallest absolute Gasteiger partial charge is 0.194 e. The van der Waals surface area contributed by atoms with Gasteiger partial charge >= 0.3 is 0 Å². The largest absolute Gasteiger partial charge is 0.295 e. The second-order valence-corrected chi connectivity index (χ2v) is 6.29. The Morgan fingerprint density at radius 3 is 2.38 bits per heavy atom. The molecule has 1 aliphatic rings. The first-order valence-electron chi connectivity index (χ1n) is 4.02. The van der Waals surface area contributed by atoms with Crippen LogP contribution in [-0.4, -0.2) is 9.58 Å². The van der Waals surface area contributed by atoms with Crippen LogP contribution in [0.15, 0.2) is 12.2 Å². The van der Waals surface area contributed by atoms with Crippen LogP contribution in [0.5, 0.6) is 0 Å². The highest BCUT2D eigenvalue weighted by Gasteiger charge is 2.44. The van der Waals surface area contributed by atoms with E-state index in [1.165, 1.54) is 0 Å². The van der Waals surface area contributed by atoms with Gasteiger partial charge in [0, 0.05) is 12.3 Å². The Bertz CT molecular complexity index is 250. The number of allylic oxidation sites excluding steroid dienone is 2. The molecule has 1 rings (SSSR count). The standard InChI is InChI=1S/C9H11Cl3O/c1-8(2)4-3-6(13)5-7(8)9(10,11)12/h3-4,7H,5H2,1-2H3. The van der Waals surface area contributed by atoms with Crippen molar-refractivity contribution in [3.05, 3.63) is 12.2 Å². The first-order chi connectivity index (χ1) is 5.73. The van der Waals surface area contributed by atoms with E-state index in [0.717, 1.165) is 0 Å². The van der Waals surface area contributed by atoms with Crippen molar-refractivity contribution in [3.8, 4) is 0 Å². The molecule has 0 radical (unpaired) electrons. The maximum Gasteiger partial charge on any atom is 0.194 e. The highest BCUT2D eigenvalue weighted by molar-refractivity contribution is 6.67. The van der Waals surface area contributed by atoms with Gasteiger partial charge in [-0.15, -0.1) is 0 Å². The Labute approximate surface area is 93.0 Å². The monoisotopic (exact) mass is 240 g/mol. The quantitative estimate of drug-likeness (QED) is 0.593. The zero-order valence-electron chi connectivity index (χ0n) is 7.48. The number of alkyl halides is 3. The molecule has 0 aromatic carbocycles. The van der Waals surface area contributed by atoms with Gasteiger partial charge in [0.2, 0.25) is 0 Å². The number of carbonyl (C=O) groups excluding carboxylic acids is 1. The molecule has 0 aliphatic heterocycles. The lowest BCUT2D eigenvalue weighted by Gasteiger charge is -2.38. The Kier molecular flexibility index (Phi) is 3.01. The molecule has 0 spiro atoms. The molecule has 0 heterocycles.